The van der Waals surface area contributed by atoms with E-state index in [0.29, 0.717) is 0 Å². The number of halogens is 2. The Bertz CT molecular complexity index is 279. The highest BCUT2D eigenvalue weighted by Gasteiger charge is 2.29. The molecule has 1 atom stereocenters. The highest BCUT2D eigenvalue weighted by atomic mass is 32.2. The molecule has 14 heavy (non-hydrogen) atoms. The summed E-state index contributed by atoms with van der Waals surface area (Å²) in [6.07, 6.45) is -0.195. The van der Waals surface area contributed by atoms with Crippen molar-refractivity contribution in [3.8, 4) is 0 Å². The number of hydrogen-bond donors (Lipinski definition) is 3. The van der Waals surface area contributed by atoms with E-state index in [1.807, 2.05) is 0 Å². The van der Waals surface area contributed by atoms with E-state index in [0.717, 1.165) is 17.7 Å². The van der Waals surface area contributed by atoms with Gasteiger partial charge in [-0.1, -0.05) is 6.08 Å². The number of carboxylic acids is 1. The molecule has 0 aliphatic rings. The lowest BCUT2D eigenvalue weighted by molar-refractivity contribution is -0.132. The van der Waals surface area contributed by atoms with Crippen LogP contribution in [-0.4, -0.2) is 25.9 Å². The van der Waals surface area contributed by atoms with Crippen LogP contribution in [0.1, 0.15) is 13.3 Å². The topological polar surface area (TPSA) is 86.6 Å². The van der Waals surface area contributed by atoms with Crippen LogP contribution >= 0.6 is 0 Å². The van der Waals surface area contributed by atoms with Gasteiger partial charge in [0, 0.05) is 12.0 Å². The number of aliphatic carboxylic acids is 1. The van der Waals surface area contributed by atoms with Crippen LogP contribution in [-0.2, 0) is 16.1 Å². The Morgan fingerprint density at radius 3 is 2.50 bits per heavy atom. The lowest BCUT2D eigenvalue weighted by atomic mass is 10.2. The third kappa shape index (κ3) is 5.73. The first kappa shape index (κ1) is 13.1. The van der Waals surface area contributed by atoms with Gasteiger partial charge in [-0.25, -0.2) is 9.00 Å². The van der Waals surface area contributed by atoms with Crippen molar-refractivity contribution < 1.29 is 27.4 Å². The van der Waals surface area contributed by atoms with Gasteiger partial charge in [0.2, 0.25) is 11.3 Å². The molecule has 0 fully saturated rings. The number of carboxylic acid groups (broad SMARTS) is 1. The van der Waals surface area contributed by atoms with Gasteiger partial charge in [-0.05, 0) is 6.92 Å². The van der Waals surface area contributed by atoms with Crippen LogP contribution < -0.4 is 4.72 Å². The Balaban J connectivity index is 4.30. The molecule has 0 aromatic carbocycles. The number of alkyl halides is 2. The van der Waals surface area contributed by atoms with Crippen molar-refractivity contribution in [2.45, 2.75) is 19.4 Å². The maximum atomic E-state index is 12.6. The first-order valence-electron chi connectivity index (χ1n) is 3.41. The number of carbonyl (C=O) groups is 1. The molecule has 0 rings (SSSR count). The van der Waals surface area contributed by atoms with E-state index in [-0.39, 0.29) is 5.57 Å². The summed E-state index contributed by atoms with van der Waals surface area (Å²) in [5, 5.41) is 8.32. The second-order valence-electron chi connectivity index (χ2n) is 2.45. The Morgan fingerprint density at radius 2 is 2.14 bits per heavy atom. The summed E-state index contributed by atoms with van der Waals surface area (Å²) in [5.74, 6) is -1.31. The quantitative estimate of drug-likeness (QED) is 0.368. The van der Waals surface area contributed by atoms with Gasteiger partial charge in [-0.3, -0.25) is 4.55 Å². The minimum atomic E-state index is -3.60. The summed E-state index contributed by atoms with van der Waals surface area (Å²) < 4.78 is 44.3. The fourth-order valence-electron chi connectivity index (χ4n) is 0.538. The van der Waals surface area contributed by atoms with E-state index in [1.54, 1.807) is 0 Å². The molecule has 0 saturated heterocycles. The minimum absolute atomic E-state index is 0.254. The van der Waals surface area contributed by atoms with E-state index in [9.17, 15) is 17.8 Å². The molecule has 0 aliphatic heterocycles. The van der Waals surface area contributed by atoms with E-state index in [1.165, 1.54) is 0 Å². The fraction of sp³-hybridized carbons (Fsp3) is 0.500. The third-order valence-electron chi connectivity index (χ3n) is 1.24. The SMILES string of the molecule is CC(=CCC(F)(F)NS(=O)O)C(=O)O. The molecule has 0 heterocycles. The molecule has 1 unspecified atom stereocenters. The number of rotatable bonds is 5. The summed E-state index contributed by atoms with van der Waals surface area (Å²) in [4.78, 5) is 10.2. The zero-order chi connectivity index (χ0) is 11.4. The van der Waals surface area contributed by atoms with Crippen LogP contribution in [0.3, 0.4) is 0 Å². The van der Waals surface area contributed by atoms with Gasteiger partial charge >= 0.3 is 12.0 Å². The van der Waals surface area contributed by atoms with Crippen molar-refractivity contribution in [1.82, 2.24) is 4.72 Å². The van der Waals surface area contributed by atoms with Crippen molar-refractivity contribution in [1.29, 1.82) is 0 Å². The summed E-state index contributed by atoms with van der Waals surface area (Å²) in [6, 6.07) is -3.60. The van der Waals surface area contributed by atoms with E-state index >= 15 is 0 Å². The van der Waals surface area contributed by atoms with Gasteiger partial charge in [0.1, 0.15) is 0 Å². The lowest BCUT2D eigenvalue weighted by Crippen LogP contribution is -2.37. The largest absolute Gasteiger partial charge is 0.478 e. The Morgan fingerprint density at radius 1 is 1.64 bits per heavy atom. The highest BCUT2D eigenvalue weighted by Crippen LogP contribution is 2.16. The van der Waals surface area contributed by atoms with Crippen LogP contribution in [0.5, 0.6) is 0 Å². The highest BCUT2D eigenvalue weighted by molar-refractivity contribution is 7.77. The molecule has 0 aromatic heterocycles. The molecule has 8 heteroatoms. The van der Waals surface area contributed by atoms with Crippen molar-refractivity contribution in [2.75, 3.05) is 0 Å². The summed E-state index contributed by atoms with van der Waals surface area (Å²) in [7, 11) is 0. The smallest absolute Gasteiger partial charge is 0.330 e. The predicted octanol–water partition coefficient (Wildman–Crippen LogP) is 0.727. The van der Waals surface area contributed by atoms with Crippen molar-refractivity contribution in [2.24, 2.45) is 0 Å². The number of nitrogens with one attached hydrogen (secondary N) is 1. The maximum absolute atomic E-state index is 12.6. The molecule has 0 spiro atoms. The lowest BCUT2D eigenvalue weighted by Gasteiger charge is -2.12. The molecule has 5 nitrogen and oxygen atoms in total. The molecule has 82 valence electrons. The first-order valence-corrected chi connectivity index (χ1v) is 4.52. The Hall–Kier alpha value is -0.860. The molecule has 0 aliphatic carbocycles. The zero-order valence-electron chi connectivity index (χ0n) is 7.16. The summed E-state index contributed by atoms with van der Waals surface area (Å²) in [6.45, 7) is 1.15. The molecule has 0 saturated carbocycles. The van der Waals surface area contributed by atoms with Gasteiger partial charge in [0.05, 0.1) is 0 Å². The normalized spacial score (nSPS) is 15.3. The van der Waals surface area contributed by atoms with Crippen LogP contribution in [0.2, 0.25) is 0 Å². The summed E-state index contributed by atoms with van der Waals surface area (Å²) in [5.41, 5.74) is -0.254. The van der Waals surface area contributed by atoms with E-state index < -0.39 is 29.7 Å². The third-order valence-corrected chi connectivity index (χ3v) is 1.71. The molecule has 0 amide bonds. The first-order chi connectivity index (χ1) is 6.24. The molecule has 0 bridgehead atoms. The second kappa shape index (κ2) is 5.13. The van der Waals surface area contributed by atoms with Crippen molar-refractivity contribution >= 4 is 17.2 Å². The molecule has 0 radical (unpaired) electrons. The van der Waals surface area contributed by atoms with E-state index in [4.69, 9.17) is 9.66 Å². The van der Waals surface area contributed by atoms with Gasteiger partial charge < -0.3 is 5.11 Å². The van der Waals surface area contributed by atoms with Gasteiger partial charge in [0.25, 0.3) is 0 Å². The zero-order valence-corrected chi connectivity index (χ0v) is 7.98. The van der Waals surface area contributed by atoms with Gasteiger partial charge in [-0.15, -0.1) is 0 Å². The molecular weight excluding hydrogens is 220 g/mol. The summed E-state index contributed by atoms with van der Waals surface area (Å²) >= 11 is -2.84. The Kier molecular flexibility index (Phi) is 4.81. The van der Waals surface area contributed by atoms with Gasteiger partial charge in [0.15, 0.2) is 0 Å². The average molecular weight is 229 g/mol. The average Bonchev–Trinajstić information content (AvgIpc) is 1.97. The maximum Gasteiger partial charge on any atom is 0.330 e. The van der Waals surface area contributed by atoms with Crippen LogP contribution in [0.15, 0.2) is 11.6 Å². The van der Waals surface area contributed by atoms with E-state index in [2.05, 4.69) is 0 Å². The van der Waals surface area contributed by atoms with Crippen LogP contribution in [0, 0.1) is 0 Å². The minimum Gasteiger partial charge on any atom is -0.478 e. The van der Waals surface area contributed by atoms with Crippen LogP contribution in [0.4, 0.5) is 8.78 Å². The van der Waals surface area contributed by atoms with Crippen molar-refractivity contribution in [3.63, 3.8) is 0 Å². The van der Waals surface area contributed by atoms with Gasteiger partial charge in [-0.2, -0.15) is 13.5 Å². The monoisotopic (exact) mass is 229 g/mol. The number of hydrogen-bond acceptors (Lipinski definition) is 2. The van der Waals surface area contributed by atoms with Crippen LogP contribution in [0.25, 0.3) is 0 Å². The molecular formula is C6H9F2NO4S. The Labute approximate surface area is 81.2 Å². The predicted molar refractivity (Wildman–Crippen MR) is 44.9 cm³/mol. The molecule has 3 N–H and O–H groups in total. The second-order valence-corrected chi connectivity index (χ2v) is 3.15. The molecule has 0 aromatic rings. The fourth-order valence-corrected chi connectivity index (χ4v) is 0.877. The van der Waals surface area contributed by atoms with Crippen molar-refractivity contribution in [3.05, 3.63) is 11.6 Å². The standard InChI is InChI=1S/C6H9F2NO4S/c1-4(5(10)11)2-3-6(7,8)9-14(12)13/h2,9H,3H2,1H3,(H,10,11)(H,12,13).